The van der Waals surface area contributed by atoms with Crippen molar-refractivity contribution in [2.45, 2.75) is 25.4 Å². The van der Waals surface area contributed by atoms with Crippen molar-refractivity contribution in [3.05, 3.63) is 12.2 Å². The van der Waals surface area contributed by atoms with Gasteiger partial charge >= 0.3 is 12.1 Å². The zero-order valence-corrected chi connectivity index (χ0v) is 6.27. The summed E-state index contributed by atoms with van der Waals surface area (Å²) in [6.07, 6.45) is -2.95. The zero-order valence-electron chi connectivity index (χ0n) is 6.27. The predicted octanol–water partition coefficient (Wildman–Crippen LogP) is 2.36. The largest absolute Gasteiger partial charge is 0.481 e. The highest BCUT2D eigenvalue weighted by atomic mass is 19.4. The van der Waals surface area contributed by atoms with E-state index in [9.17, 15) is 18.0 Å². The first-order chi connectivity index (χ1) is 5.42. The fourth-order valence-corrected chi connectivity index (χ4v) is 0.588. The number of unbranched alkanes of at least 4 members (excludes halogenated alkanes) is 1. The van der Waals surface area contributed by atoms with E-state index in [-0.39, 0.29) is 25.3 Å². The molecule has 0 rings (SSSR count). The Morgan fingerprint density at radius 2 is 2.00 bits per heavy atom. The molecule has 0 aromatic rings. The first-order valence-corrected chi connectivity index (χ1v) is 3.38. The van der Waals surface area contributed by atoms with E-state index in [2.05, 4.69) is 0 Å². The van der Waals surface area contributed by atoms with E-state index in [1.54, 1.807) is 0 Å². The average molecular weight is 182 g/mol. The molecule has 1 N–H and O–H groups in total. The quantitative estimate of drug-likeness (QED) is 0.535. The van der Waals surface area contributed by atoms with Crippen molar-refractivity contribution in [2.24, 2.45) is 0 Å². The maximum Gasteiger partial charge on any atom is 0.409 e. The lowest BCUT2D eigenvalue weighted by Crippen LogP contribution is -2.00. The summed E-state index contributed by atoms with van der Waals surface area (Å²) < 4.78 is 34.3. The fourth-order valence-electron chi connectivity index (χ4n) is 0.588. The van der Waals surface area contributed by atoms with Gasteiger partial charge in [0, 0.05) is 12.5 Å². The highest BCUT2D eigenvalue weighted by Crippen LogP contribution is 2.16. The number of carbonyl (C=O) groups is 1. The molecule has 0 spiro atoms. The molecule has 0 atom stereocenters. The molecule has 2 nitrogen and oxygen atoms in total. The van der Waals surface area contributed by atoms with Crippen molar-refractivity contribution in [1.29, 1.82) is 0 Å². The first kappa shape index (κ1) is 11.0. The molecule has 0 aliphatic heterocycles. The van der Waals surface area contributed by atoms with Crippen LogP contribution in [-0.2, 0) is 4.79 Å². The summed E-state index contributed by atoms with van der Waals surface area (Å²) in [5.74, 6) is -0.990. The maximum absolute atomic E-state index is 11.4. The van der Waals surface area contributed by atoms with Gasteiger partial charge in [0.15, 0.2) is 0 Å². The van der Waals surface area contributed by atoms with Gasteiger partial charge in [0.1, 0.15) is 0 Å². The van der Waals surface area contributed by atoms with Crippen molar-refractivity contribution < 1.29 is 23.1 Å². The van der Waals surface area contributed by atoms with Gasteiger partial charge in [-0.2, -0.15) is 13.2 Å². The summed E-state index contributed by atoms with van der Waals surface area (Å²) in [6, 6.07) is 0. The van der Waals surface area contributed by atoms with Gasteiger partial charge in [-0.1, -0.05) is 6.08 Å². The van der Waals surface area contributed by atoms with E-state index in [4.69, 9.17) is 5.11 Å². The van der Waals surface area contributed by atoms with Gasteiger partial charge in [-0.25, -0.2) is 0 Å². The number of allylic oxidation sites excluding steroid dienone is 2. The number of hydrogen-bond acceptors (Lipinski definition) is 1. The summed E-state index contributed by atoms with van der Waals surface area (Å²) in [5.41, 5.74) is 0. The Balaban J connectivity index is 3.43. The lowest BCUT2D eigenvalue weighted by molar-refractivity contribution is -0.137. The van der Waals surface area contributed by atoms with Crippen LogP contribution >= 0.6 is 0 Å². The van der Waals surface area contributed by atoms with Gasteiger partial charge in [-0.05, 0) is 12.8 Å². The molecular weight excluding hydrogens is 173 g/mol. The third kappa shape index (κ3) is 9.00. The van der Waals surface area contributed by atoms with E-state index in [1.165, 1.54) is 0 Å². The number of halogens is 3. The Morgan fingerprint density at radius 1 is 1.42 bits per heavy atom. The Morgan fingerprint density at radius 3 is 2.42 bits per heavy atom. The number of carboxylic acids is 1. The molecular formula is C7H9F3O2. The number of hydrogen-bond donors (Lipinski definition) is 1. The first-order valence-electron chi connectivity index (χ1n) is 3.38. The molecule has 0 aliphatic carbocycles. The minimum absolute atomic E-state index is 0.0950. The molecule has 0 aliphatic rings. The van der Waals surface area contributed by atoms with Crippen molar-refractivity contribution in [3.8, 4) is 0 Å². The lowest BCUT2D eigenvalue weighted by atomic mass is 10.2. The van der Waals surface area contributed by atoms with Crippen molar-refractivity contribution in [2.75, 3.05) is 0 Å². The van der Waals surface area contributed by atoms with E-state index in [1.807, 2.05) is 0 Å². The Hall–Kier alpha value is -1.00. The zero-order chi connectivity index (χ0) is 9.61. The second-order valence-electron chi connectivity index (χ2n) is 2.23. The average Bonchev–Trinajstić information content (AvgIpc) is 1.83. The normalized spacial score (nSPS) is 12.2. The second-order valence-corrected chi connectivity index (χ2v) is 2.23. The van der Waals surface area contributed by atoms with E-state index < -0.39 is 12.1 Å². The van der Waals surface area contributed by atoms with E-state index >= 15 is 0 Å². The number of rotatable bonds is 4. The Labute approximate surface area is 67.7 Å². The number of carboxylic acid groups (broad SMARTS) is 1. The van der Waals surface area contributed by atoms with Crippen molar-refractivity contribution in [3.63, 3.8) is 0 Å². The van der Waals surface area contributed by atoms with Gasteiger partial charge < -0.3 is 5.11 Å². The van der Waals surface area contributed by atoms with Crippen LogP contribution in [0.5, 0.6) is 0 Å². The molecule has 0 radical (unpaired) electrons. The molecule has 0 fully saturated rings. The van der Waals surface area contributed by atoms with Crippen LogP contribution in [0.15, 0.2) is 12.2 Å². The fraction of sp³-hybridized carbons (Fsp3) is 0.571. The van der Waals surface area contributed by atoms with Crippen LogP contribution in [0.4, 0.5) is 13.2 Å². The SMILES string of the molecule is O=C(O)CCC/C=C/C(F)(F)F. The summed E-state index contributed by atoms with van der Waals surface area (Å²) in [7, 11) is 0. The Bertz CT molecular complexity index is 172. The Kier molecular flexibility index (Phi) is 4.39. The van der Waals surface area contributed by atoms with Crippen LogP contribution in [0.2, 0.25) is 0 Å². The topological polar surface area (TPSA) is 37.3 Å². The monoisotopic (exact) mass is 182 g/mol. The van der Waals surface area contributed by atoms with Gasteiger partial charge in [0.05, 0.1) is 0 Å². The molecule has 12 heavy (non-hydrogen) atoms. The van der Waals surface area contributed by atoms with Gasteiger partial charge in [0.25, 0.3) is 0 Å². The van der Waals surface area contributed by atoms with Crippen LogP contribution in [0.25, 0.3) is 0 Å². The minimum Gasteiger partial charge on any atom is -0.481 e. The van der Waals surface area contributed by atoms with Gasteiger partial charge in [-0.3, -0.25) is 4.79 Å². The van der Waals surface area contributed by atoms with Crippen LogP contribution in [0, 0.1) is 0 Å². The molecule has 0 saturated carbocycles. The number of alkyl halides is 3. The third-order valence-electron chi connectivity index (χ3n) is 1.07. The van der Waals surface area contributed by atoms with Gasteiger partial charge in [0.2, 0.25) is 0 Å². The third-order valence-corrected chi connectivity index (χ3v) is 1.07. The van der Waals surface area contributed by atoms with Crippen LogP contribution in [0.3, 0.4) is 0 Å². The molecule has 0 saturated heterocycles. The second kappa shape index (κ2) is 4.79. The summed E-state index contributed by atoms with van der Waals surface area (Å²) >= 11 is 0. The van der Waals surface area contributed by atoms with Crippen LogP contribution in [-0.4, -0.2) is 17.3 Å². The summed E-state index contributed by atoms with van der Waals surface area (Å²) in [5, 5.41) is 8.13. The van der Waals surface area contributed by atoms with Crippen molar-refractivity contribution in [1.82, 2.24) is 0 Å². The van der Waals surface area contributed by atoms with Crippen LogP contribution < -0.4 is 0 Å². The molecule has 0 unspecified atom stereocenters. The molecule has 0 bridgehead atoms. The minimum atomic E-state index is -4.29. The molecule has 0 aromatic carbocycles. The van der Waals surface area contributed by atoms with Crippen molar-refractivity contribution >= 4 is 5.97 Å². The maximum atomic E-state index is 11.4. The summed E-state index contributed by atoms with van der Waals surface area (Å²) in [4.78, 5) is 9.91. The highest BCUT2D eigenvalue weighted by molar-refractivity contribution is 5.66. The molecule has 5 heteroatoms. The molecule has 0 heterocycles. The molecule has 70 valence electrons. The molecule has 0 aromatic heterocycles. The highest BCUT2D eigenvalue weighted by Gasteiger charge is 2.21. The molecule has 0 amide bonds. The van der Waals surface area contributed by atoms with Crippen LogP contribution in [0.1, 0.15) is 19.3 Å². The summed E-state index contributed by atoms with van der Waals surface area (Å²) in [6.45, 7) is 0. The predicted molar refractivity (Wildman–Crippen MR) is 36.7 cm³/mol. The number of aliphatic carboxylic acids is 1. The van der Waals surface area contributed by atoms with E-state index in [0.717, 1.165) is 6.08 Å². The standard InChI is InChI=1S/C7H9F3O2/c8-7(9,10)5-3-1-2-4-6(11)12/h3,5H,1-2,4H2,(H,11,12)/b5-3+. The smallest absolute Gasteiger partial charge is 0.409 e. The lowest BCUT2D eigenvalue weighted by Gasteiger charge is -1.96. The van der Waals surface area contributed by atoms with E-state index in [0.29, 0.717) is 0 Å². The van der Waals surface area contributed by atoms with Gasteiger partial charge in [-0.15, -0.1) is 0 Å².